The number of nitrogens with zero attached hydrogens (tertiary/aromatic N) is 3. The van der Waals surface area contributed by atoms with Crippen molar-refractivity contribution in [3.63, 3.8) is 0 Å². The highest BCUT2D eigenvalue weighted by atomic mass is 32.2. The van der Waals surface area contributed by atoms with Crippen LogP contribution in [0.25, 0.3) is 10.9 Å². The second-order valence-electron chi connectivity index (χ2n) is 4.33. The molecule has 0 radical (unpaired) electrons. The van der Waals surface area contributed by atoms with E-state index in [1.165, 1.54) is 0 Å². The molecule has 5 heteroatoms. The van der Waals surface area contributed by atoms with Gasteiger partial charge in [-0.05, 0) is 31.3 Å². The minimum Gasteiger partial charge on any atom is -0.399 e. The van der Waals surface area contributed by atoms with Gasteiger partial charge in [0.05, 0.1) is 5.52 Å². The fraction of sp³-hybridized carbons (Fsp3) is 0.429. The van der Waals surface area contributed by atoms with Crippen LogP contribution in [0, 0.1) is 0 Å². The first-order valence-electron chi connectivity index (χ1n) is 6.60. The van der Waals surface area contributed by atoms with Crippen LogP contribution in [0.1, 0.15) is 13.8 Å². The van der Waals surface area contributed by atoms with Crippen molar-refractivity contribution in [2.45, 2.75) is 18.9 Å². The highest BCUT2D eigenvalue weighted by Gasteiger charge is 2.06. The van der Waals surface area contributed by atoms with Crippen LogP contribution in [-0.4, -0.2) is 40.3 Å². The minimum absolute atomic E-state index is 0.757. The van der Waals surface area contributed by atoms with Gasteiger partial charge in [0.25, 0.3) is 0 Å². The summed E-state index contributed by atoms with van der Waals surface area (Å²) >= 11 is 1.77. The van der Waals surface area contributed by atoms with Crippen LogP contribution in [-0.2, 0) is 0 Å². The number of anilines is 1. The number of rotatable bonds is 6. The summed E-state index contributed by atoms with van der Waals surface area (Å²) in [4.78, 5) is 11.0. The molecule has 0 unspecified atom stereocenters. The van der Waals surface area contributed by atoms with E-state index in [2.05, 4.69) is 28.7 Å². The van der Waals surface area contributed by atoms with Crippen LogP contribution in [0.2, 0.25) is 0 Å². The molecule has 0 saturated carbocycles. The third kappa shape index (κ3) is 3.58. The molecule has 4 nitrogen and oxygen atoms in total. The van der Waals surface area contributed by atoms with Gasteiger partial charge in [-0.3, -0.25) is 0 Å². The average molecular weight is 276 g/mol. The maximum absolute atomic E-state index is 5.84. The van der Waals surface area contributed by atoms with Gasteiger partial charge in [0, 0.05) is 23.4 Å². The number of benzene rings is 1. The quantitative estimate of drug-likeness (QED) is 0.499. The van der Waals surface area contributed by atoms with E-state index in [1.54, 1.807) is 18.1 Å². The zero-order chi connectivity index (χ0) is 13.7. The molecule has 2 N–H and O–H groups in total. The molecule has 0 bridgehead atoms. The molecule has 0 spiro atoms. The fourth-order valence-electron chi connectivity index (χ4n) is 1.98. The lowest BCUT2D eigenvalue weighted by atomic mass is 10.2. The van der Waals surface area contributed by atoms with Crippen LogP contribution in [0.3, 0.4) is 0 Å². The van der Waals surface area contributed by atoms with E-state index >= 15 is 0 Å². The maximum Gasteiger partial charge on any atom is 0.117 e. The van der Waals surface area contributed by atoms with E-state index in [0.29, 0.717) is 0 Å². The number of hydrogen-bond donors (Lipinski definition) is 1. The molecule has 1 aromatic heterocycles. The second-order valence-corrected chi connectivity index (χ2v) is 5.41. The average Bonchev–Trinajstić information content (AvgIpc) is 2.44. The molecule has 19 heavy (non-hydrogen) atoms. The monoisotopic (exact) mass is 276 g/mol. The molecule has 1 aromatic carbocycles. The Morgan fingerprint density at radius 2 is 2.00 bits per heavy atom. The first kappa shape index (κ1) is 14.1. The summed E-state index contributed by atoms with van der Waals surface area (Å²) in [5.74, 6) is 1.03. The van der Waals surface area contributed by atoms with Gasteiger partial charge < -0.3 is 10.6 Å². The van der Waals surface area contributed by atoms with Crippen molar-refractivity contribution in [2.24, 2.45) is 0 Å². The fourth-order valence-corrected chi connectivity index (χ4v) is 2.96. The summed E-state index contributed by atoms with van der Waals surface area (Å²) in [6.45, 7) is 7.64. The van der Waals surface area contributed by atoms with Gasteiger partial charge in [0.1, 0.15) is 11.4 Å². The number of nitrogens with two attached hydrogens (primary N) is 1. The van der Waals surface area contributed by atoms with Crippen LogP contribution < -0.4 is 5.73 Å². The first-order chi connectivity index (χ1) is 9.24. The molecule has 0 fully saturated rings. The summed E-state index contributed by atoms with van der Waals surface area (Å²) in [5, 5.41) is 2.07. The van der Waals surface area contributed by atoms with Crippen molar-refractivity contribution in [3.8, 4) is 0 Å². The van der Waals surface area contributed by atoms with Gasteiger partial charge in [-0.1, -0.05) is 13.8 Å². The molecule has 0 amide bonds. The lowest BCUT2D eigenvalue weighted by Gasteiger charge is -2.17. The Morgan fingerprint density at radius 1 is 1.21 bits per heavy atom. The zero-order valence-electron chi connectivity index (χ0n) is 11.5. The number of aromatic nitrogens is 2. The molecule has 2 aromatic rings. The third-order valence-corrected chi connectivity index (χ3v) is 4.15. The molecule has 0 saturated heterocycles. The molecule has 0 aliphatic heterocycles. The Hall–Kier alpha value is -1.33. The maximum atomic E-state index is 5.84. The van der Waals surface area contributed by atoms with Crippen LogP contribution in [0.5, 0.6) is 0 Å². The Kier molecular flexibility index (Phi) is 4.99. The predicted octanol–water partition coefficient (Wildman–Crippen LogP) is 2.65. The van der Waals surface area contributed by atoms with Crippen molar-refractivity contribution >= 4 is 28.4 Å². The molecular formula is C14H20N4S. The number of thioether (sulfide) groups is 1. The number of nitrogen functional groups attached to an aromatic ring is 1. The standard InChI is InChI=1S/C14H20N4S/c1-3-18(4-2)7-8-19-14-12-9-11(15)5-6-13(12)16-10-17-14/h5-6,9-10H,3-4,7-8,15H2,1-2H3. The summed E-state index contributed by atoms with van der Waals surface area (Å²) in [5.41, 5.74) is 7.55. The van der Waals surface area contributed by atoms with E-state index in [4.69, 9.17) is 5.73 Å². The van der Waals surface area contributed by atoms with Crippen molar-refractivity contribution in [1.29, 1.82) is 0 Å². The largest absolute Gasteiger partial charge is 0.399 e. The lowest BCUT2D eigenvalue weighted by molar-refractivity contribution is 0.324. The topological polar surface area (TPSA) is 55.0 Å². The zero-order valence-corrected chi connectivity index (χ0v) is 12.3. The predicted molar refractivity (Wildman–Crippen MR) is 82.5 cm³/mol. The Morgan fingerprint density at radius 3 is 2.74 bits per heavy atom. The molecular weight excluding hydrogens is 256 g/mol. The molecule has 102 valence electrons. The van der Waals surface area contributed by atoms with E-state index in [9.17, 15) is 0 Å². The SMILES string of the molecule is CCN(CC)CCSc1ncnc2ccc(N)cc12. The molecule has 2 rings (SSSR count). The second kappa shape index (κ2) is 6.73. The van der Waals surface area contributed by atoms with E-state index in [-0.39, 0.29) is 0 Å². The smallest absolute Gasteiger partial charge is 0.117 e. The summed E-state index contributed by atoms with van der Waals surface area (Å²) < 4.78 is 0. The Labute approximate surface area is 118 Å². The van der Waals surface area contributed by atoms with Crippen LogP contribution in [0.4, 0.5) is 5.69 Å². The Bertz CT molecular complexity index is 540. The van der Waals surface area contributed by atoms with E-state index in [1.807, 2.05) is 18.2 Å². The van der Waals surface area contributed by atoms with Crippen LogP contribution in [0.15, 0.2) is 29.6 Å². The van der Waals surface area contributed by atoms with Gasteiger partial charge in [-0.25, -0.2) is 9.97 Å². The Balaban J connectivity index is 2.10. The molecule has 0 aliphatic carbocycles. The highest BCUT2D eigenvalue weighted by molar-refractivity contribution is 7.99. The summed E-state index contributed by atoms with van der Waals surface area (Å²) in [6, 6.07) is 5.77. The van der Waals surface area contributed by atoms with Gasteiger partial charge in [-0.15, -0.1) is 11.8 Å². The van der Waals surface area contributed by atoms with Gasteiger partial charge in [-0.2, -0.15) is 0 Å². The number of hydrogen-bond acceptors (Lipinski definition) is 5. The van der Waals surface area contributed by atoms with Crippen molar-refractivity contribution in [3.05, 3.63) is 24.5 Å². The van der Waals surface area contributed by atoms with Crippen LogP contribution >= 0.6 is 11.8 Å². The van der Waals surface area contributed by atoms with Crippen molar-refractivity contribution in [1.82, 2.24) is 14.9 Å². The van der Waals surface area contributed by atoms with E-state index in [0.717, 1.165) is 47.0 Å². The highest BCUT2D eigenvalue weighted by Crippen LogP contribution is 2.25. The van der Waals surface area contributed by atoms with Gasteiger partial charge in [0.2, 0.25) is 0 Å². The minimum atomic E-state index is 0.757. The molecule has 0 aliphatic rings. The molecule has 1 heterocycles. The van der Waals surface area contributed by atoms with Gasteiger partial charge in [0.15, 0.2) is 0 Å². The molecule has 0 atom stereocenters. The summed E-state index contributed by atoms with van der Waals surface area (Å²) in [7, 11) is 0. The van der Waals surface area contributed by atoms with E-state index < -0.39 is 0 Å². The first-order valence-corrected chi connectivity index (χ1v) is 7.58. The third-order valence-electron chi connectivity index (χ3n) is 3.16. The van der Waals surface area contributed by atoms with Crippen molar-refractivity contribution < 1.29 is 0 Å². The van der Waals surface area contributed by atoms with Crippen molar-refractivity contribution in [2.75, 3.05) is 31.1 Å². The number of fused-ring (bicyclic) bond motifs is 1. The lowest BCUT2D eigenvalue weighted by Crippen LogP contribution is -2.25. The summed E-state index contributed by atoms with van der Waals surface area (Å²) in [6.07, 6.45) is 1.62. The normalized spacial score (nSPS) is 11.3. The van der Waals surface area contributed by atoms with Gasteiger partial charge >= 0.3 is 0 Å².